The van der Waals surface area contributed by atoms with Crippen molar-refractivity contribution >= 4 is 24.0 Å². The van der Waals surface area contributed by atoms with Gasteiger partial charge in [0, 0.05) is 18.0 Å². The first kappa shape index (κ1) is 8.52. The summed E-state index contributed by atoms with van der Waals surface area (Å²) in [6.07, 6.45) is 1.83. The first-order valence-corrected chi connectivity index (χ1v) is 2.61. The summed E-state index contributed by atoms with van der Waals surface area (Å²) in [5, 5.41) is 0. The Kier molecular flexibility index (Phi) is 4.17. The van der Waals surface area contributed by atoms with Crippen molar-refractivity contribution in [2.24, 2.45) is 0 Å². The van der Waals surface area contributed by atoms with Crippen LogP contribution in [-0.2, 0) is 0 Å². The Balaban J connectivity index is 0.000000640. The normalized spacial score (nSPS) is 7.56. The van der Waals surface area contributed by atoms with Gasteiger partial charge in [-0.3, -0.25) is 0 Å². The maximum atomic E-state index is 3.63. The molecule has 1 aromatic carbocycles. The molecule has 0 N–H and O–H groups in total. The van der Waals surface area contributed by atoms with Crippen molar-refractivity contribution in [1.29, 1.82) is 0 Å². The standard InChI is InChI=1S/C8H8.As/c1-2-8-6-4-3-5-7-8;/h2-7H,1H2;. The van der Waals surface area contributed by atoms with Crippen LogP contribution in [0.3, 0.4) is 0 Å². The summed E-state index contributed by atoms with van der Waals surface area (Å²) in [6.45, 7) is 3.63. The van der Waals surface area contributed by atoms with Gasteiger partial charge in [-0.15, -0.1) is 0 Å². The van der Waals surface area contributed by atoms with E-state index >= 15 is 0 Å². The van der Waals surface area contributed by atoms with E-state index in [1.54, 1.807) is 0 Å². The van der Waals surface area contributed by atoms with Crippen LogP contribution in [0.4, 0.5) is 0 Å². The quantitative estimate of drug-likeness (QED) is 0.578. The van der Waals surface area contributed by atoms with Gasteiger partial charge < -0.3 is 0 Å². The van der Waals surface area contributed by atoms with E-state index in [-0.39, 0.29) is 18.0 Å². The second kappa shape index (κ2) is 4.40. The predicted octanol–water partition coefficient (Wildman–Crippen LogP) is 1.95. The molecule has 0 saturated heterocycles. The Morgan fingerprint density at radius 2 is 1.67 bits per heavy atom. The van der Waals surface area contributed by atoms with Crippen LogP contribution in [0.5, 0.6) is 0 Å². The summed E-state index contributed by atoms with van der Waals surface area (Å²) in [4.78, 5) is 0. The van der Waals surface area contributed by atoms with Crippen LogP contribution in [0.1, 0.15) is 5.56 Å². The summed E-state index contributed by atoms with van der Waals surface area (Å²) in [5.74, 6) is 0. The molecule has 0 atom stereocenters. The van der Waals surface area contributed by atoms with Crippen molar-refractivity contribution in [2.75, 3.05) is 0 Å². The third kappa shape index (κ3) is 2.53. The monoisotopic (exact) mass is 179 g/mol. The van der Waals surface area contributed by atoms with Crippen molar-refractivity contribution in [1.82, 2.24) is 0 Å². The molecule has 0 aliphatic rings. The van der Waals surface area contributed by atoms with Gasteiger partial charge in [0.1, 0.15) is 0 Å². The van der Waals surface area contributed by atoms with E-state index in [0.717, 1.165) is 0 Å². The van der Waals surface area contributed by atoms with Gasteiger partial charge in [-0.25, -0.2) is 0 Å². The Bertz CT molecular complexity index is 167. The average molecular weight is 179 g/mol. The largest absolute Gasteiger partial charge is 0.0985 e. The first-order valence-electron chi connectivity index (χ1n) is 2.61. The number of hydrogen-bond acceptors (Lipinski definition) is 0. The van der Waals surface area contributed by atoms with Gasteiger partial charge in [0.2, 0.25) is 0 Å². The van der Waals surface area contributed by atoms with E-state index in [4.69, 9.17) is 0 Å². The van der Waals surface area contributed by atoms with Crippen LogP contribution < -0.4 is 0 Å². The first-order chi connectivity index (χ1) is 3.93. The Hall–Kier alpha value is -0.482. The van der Waals surface area contributed by atoms with Gasteiger partial charge in [0.15, 0.2) is 0 Å². The minimum Gasteiger partial charge on any atom is -0.0985 e. The third-order valence-corrected chi connectivity index (χ3v) is 1.04. The van der Waals surface area contributed by atoms with Crippen LogP contribution in [0.15, 0.2) is 36.9 Å². The van der Waals surface area contributed by atoms with Gasteiger partial charge >= 0.3 is 0 Å². The summed E-state index contributed by atoms with van der Waals surface area (Å²) in [7, 11) is 0. The maximum absolute atomic E-state index is 3.63. The molecule has 1 aromatic rings. The zero-order valence-electron chi connectivity index (χ0n) is 5.12. The van der Waals surface area contributed by atoms with E-state index in [0.29, 0.717) is 0 Å². The molecule has 3 radical (unpaired) electrons. The Morgan fingerprint density at radius 1 is 1.11 bits per heavy atom. The van der Waals surface area contributed by atoms with E-state index in [1.807, 2.05) is 36.4 Å². The molecule has 0 heterocycles. The zero-order valence-corrected chi connectivity index (χ0v) is 6.99. The van der Waals surface area contributed by atoms with Crippen LogP contribution in [0, 0.1) is 0 Å². The fourth-order valence-corrected chi connectivity index (χ4v) is 0.589. The second-order valence-electron chi connectivity index (χ2n) is 1.61. The smallest absolute Gasteiger partial charge is 0 e. The molecule has 0 aromatic heterocycles. The molecule has 0 aliphatic carbocycles. The molecule has 0 unspecified atom stereocenters. The summed E-state index contributed by atoms with van der Waals surface area (Å²) in [5.41, 5.74) is 1.17. The van der Waals surface area contributed by atoms with Crippen molar-refractivity contribution in [3.63, 3.8) is 0 Å². The van der Waals surface area contributed by atoms with E-state index in [1.165, 1.54) is 5.56 Å². The Labute approximate surface area is 66.9 Å². The average Bonchev–Trinajstić information content (AvgIpc) is 1.90. The minimum atomic E-state index is 0. The molecule has 9 heavy (non-hydrogen) atoms. The summed E-state index contributed by atoms with van der Waals surface area (Å²) in [6, 6.07) is 10.0. The molecule has 0 nitrogen and oxygen atoms in total. The molecule has 1 heteroatoms. The fourth-order valence-electron chi connectivity index (χ4n) is 0.589. The third-order valence-electron chi connectivity index (χ3n) is 1.04. The minimum absolute atomic E-state index is 0. The van der Waals surface area contributed by atoms with Crippen LogP contribution in [-0.4, -0.2) is 18.0 Å². The number of rotatable bonds is 1. The van der Waals surface area contributed by atoms with Crippen molar-refractivity contribution in [3.05, 3.63) is 42.5 Å². The second-order valence-corrected chi connectivity index (χ2v) is 1.61. The van der Waals surface area contributed by atoms with Gasteiger partial charge in [-0.1, -0.05) is 43.0 Å². The van der Waals surface area contributed by atoms with Crippen molar-refractivity contribution in [3.8, 4) is 0 Å². The van der Waals surface area contributed by atoms with Gasteiger partial charge in [-0.05, 0) is 5.56 Å². The molecule has 0 amide bonds. The molecular formula is C8H8As. The van der Waals surface area contributed by atoms with E-state index in [2.05, 4.69) is 6.58 Å². The summed E-state index contributed by atoms with van der Waals surface area (Å²) >= 11 is 0. The molecule has 0 fully saturated rings. The molecule has 45 valence electrons. The molecule has 0 saturated carbocycles. The van der Waals surface area contributed by atoms with Gasteiger partial charge in [0.25, 0.3) is 0 Å². The molecule has 0 spiro atoms. The fraction of sp³-hybridized carbons (Fsp3) is 0. The van der Waals surface area contributed by atoms with Gasteiger partial charge in [0.05, 0.1) is 0 Å². The van der Waals surface area contributed by atoms with Gasteiger partial charge in [-0.2, -0.15) is 0 Å². The SMILES string of the molecule is C=Cc1ccccc1.[As]. The van der Waals surface area contributed by atoms with Crippen molar-refractivity contribution < 1.29 is 0 Å². The summed E-state index contributed by atoms with van der Waals surface area (Å²) < 4.78 is 0. The molecule has 1 rings (SSSR count). The number of benzene rings is 1. The Morgan fingerprint density at radius 3 is 2.00 bits per heavy atom. The molecule has 0 bridgehead atoms. The van der Waals surface area contributed by atoms with E-state index in [9.17, 15) is 0 Å². The van der Waals surface area contributed by atoms with Crippen molar-refractivity contribution in [2.45, 2.75) is 0 Å². The molecule has 0 aliphatic heterocycles. The van der Waals surface area contributed by atoms with Crippen LogP contribution >= 0.6 is 0 Å². The molecular weight excluding hydrogens is 171 g/mol. The zero-order chi connectivity index (χ0) is 5.82. The van der Waals surface area contributed by atoms with Crippen LogP contribution in [0.25, 0.3) is 6.08 Å². The predicted molar refractivity (Wildman–Crippen MR) is 42.3 cm³/mol. The van der Waals surface area contributed by atoms with Crippen LogP contribution in [0.2, 0.25) is 0 Å². The maximum Gasteiger partial charge on any atom is 0 e. The topological polar surface area (TPSA) is 0 Å². The van der Waals surface area contributed by atoms with E-state index < -0.39 is 0 Å². The number of hydrogen-bond donors (Lipinski definition) is 0.